The number of unbranched alkanes of at least 4 members (excludes halogenated alkanes) is 13. The van der Waals surface area contributed by atoms with Gasteiger partial charge in [-0.2, -0.15) is 0 Å². The van der Waals surface area contributed by atoms with E-state index in [1.165, 1.54) is 110 Å². The van der Waals surface area contributed by atoms with Gasteiger partial charge in [0.15, 0.2) is 0 Å². The fourth-order valence-corrected chi connectivity index (χ4v) is 10.2. The van der Waals surface area contributed by atoms with Gasteiger partial charge >= 0.3 is 0 Å². The second kappa shape index (κ2) is 14.9. The van der Waals surface area contributed by atoms with E-state index in [9.17, 15) is 0 Å². The minimum absolute atomic E-state index is 0.824. The molecular weight excluding hydrogens is 413 g/mol. The molecule has 1 aliphatic rings. The number of hydrogen-bond donors (Lipinski definition) is 0. The summed E-state index contributed by atoms with van der Waals surface area (Å²) in [7, 11) is 0. The third kappa shape index (κ3) is 9.95. The summed E-state index contributed by atoms with van der Waals surface area (Å²) in [4.78, 5) is 0. The summed E-state index contributed by atoms with van der Waals surface area (Å²) in [5.41, 5.74) is 0. The number of hydrogen-bond acceptors (Lipinski definition) is 5. The first-order valence-corrected chi connectivity index (χ1v) is 14.6. The van der Waals surface area contributed by atoms with Crippen molar-refractivity contribution in [3.63, 3.8) is 0 Å². The van der Waals surface area contributed by atoms with E-state index in [2.05, 4.69) is 18.7 Å². The molecule has 0 aromatic carbocycles. The minimum atomic E-state index is 0.824. The molecule has 0 N–H and O–H groups in total. The molecule has 0 fully saturated rings. The van der Waals surface area contributed by atoms with E-state index >= 15 is 0 Å². The monoisotopic (exact) mass is 448 g/mol. The second-order valence-corrected chi connectivity index (χ2v) is 13.5. The average Bonchev–Trinajstić information content (AvgIpc) is 3.01. The lowest BCUT2D eigenvalue weighted by Crippen LogP contribution is -2.08. The highest BCUT2D eigenvalue weighted by Crippen LogP contribution is 2.48. The molecule has 0 radical (unpaired) electrons. The van der Waals surface area contributed by atoms with E-state index in [4.69, 9.17) is 12.2 Å². The van der Waals surface area contributed by atoms with Crippen LogP contribution in [0, 0.1) is 3.14 Å². The van der Waals surface area contributed by atoms with Crippen LogP contribution in [0.3, 0.4) is 0 Å². The van der Waals surface area contributed by atoms with Crippen molar-refractivity contribution in [2.45, 2.75) is 117 Å². The van der Waals surface area contributed by atoms with Crippen molar-refractivity contribution >= 4 is 58.4 Å². The molecule has 1 unspecified atom stereocenters. The zero-order valence-corrected chi connectivity index (χ0v) is 20.5. The van der Waals surface area contributed by atoms with Crippen LogP contribution >= 0.6 is 58.4 Å². The highest BCUT2D eigenvalue weighted by molar-refractivity contribution is 8.08. The molecule has 0 aliphatic carbocycles. The summed E-state index contributed by atoms with van der Waals surface area (Å²) in [5, 5.41) is 0.824. The number of thioether (sulfide) groups is 2. The van der Waals surface area contributed by atoms with Crippen LogP contribution in [0.5, 0.6) is 0 Å². The maximum atomic E-state index is 5.33. The lowest BCUT2D eigenvalue weighted by molar-refractivity contribution is 0.532. The largest absolute Gasteiger partial charge is 0.145 e. The van der Waals surface area contributed by atoms with Crippen molar-refractivity contribution in [3.05, 3.63) is 3.14 Å². The Morgan fingerprint density at radius 1 is 0.731 bits per heavy atom. The fourth-order valence-electron chi connectivity index (χ4n) is 3.48. The van der Waals surface area contributed by atoms with Gasteiger partial charge in [0.05, 0.1) is 8.42 Å². The highest BCUT2D eigenvalue weighted by Gasteiger charge is 2.21. The smallest absolute Gasteiger partial charge is 0.112 e. The average molecular weight is 449 g/mol. The molecule has 0 bridgehead atoms. The van der Waals surface area contributed by atoms with Crippen LogP contribution in [-0.4, -0.2) is 11.0 Å². The zero-order valence-electron chi connectivity index (χ0n) is 16.4. The maximum Gasteiger partial charge on any atom is 0.145 e. The van der Waals surface area contributed by atoms with Gasteiger partial charge in [-0.3, -0.25) is 0 Å². The Kier molecular flexibility index (Phi) is 13.3. The zero-order chi connectivity index (χ0) is 18.5. The van der Waals surface area contributed by atoms with E-state index in [1.54, 1.807) is 0 Å². The highest BCUT2D eigenvalue weighted by atomic mass is 32.2. The van der Waals surface area contributed by atoms with Crippen LogP contribution in [0.4, 0.5) is 0 Å². The van der Waals surface area contributed by atoms with E-state index in [0.29, 0.717) is 0 Å². The summed E-state index contributed by atoms with van der Waals surface area (Å²) in [6.45, 7) is 2.30. The number of rotatable bonds is 15. The molecular formula is C21H36S5. The van der Waals surface area contributed by atoms with E-state index in [1.807, 2.05) is 34.4 Å². The topological polar surface area (TPSA) is 0 Å². The van der Waals surface area contributed by atoms with E-state index in [0.717, 1.165) is 8.39 Å². The van der Waals surface area contributed by atoms with Gasteiger partial charge in [-0.15, -0.1) is 46.2 Å². The normalized spacial score (nSPS) is 16.7. The Balaban J connectivity index is 1.34. The van der Waals surface area contributed by atoms with Crippen LogP contribution < -0.4 is 0 Å². The lowest BCUT2D eigenvalue weighted by atomic mass is 10.0. The van der Waals surface area contributed by atoms with Gasteiger partial charge < -0.3 is 0 Å². The van der Waals surface area contributed by atoms with Crippen LogP contribution in [0.25, 0.3) is 0 Å². The molecule has 26 heavy (non-hydrogen) atoms. The summed E-state index contributed by atoms with van der Waals surface area (Å²) in [5.74, 6) is 1.29. The van der Waals surface area contributed by atoms with Crippen molar-refractivity contribution in [3.8, 4) is 0 Å². The fraction of sp³-hybridized carbons (Fsp3) is 0.857. The first-order chi connectivity index (χ1) is 12.8. The molecule has 0 amide bonds. The van der Waals surface area contributed by atoms with Gasteiger partial charge in [-0.05, 0) is 6.42 Å². The van der Waals surface area contributed by atoms with Crippen LogP contribution in [0.15, 0.2) is 8.42 Å². The second-order valence-electron chi connectivity index (χ2n) is 7.46. The number of fused-ring (bicyclic) bond motifs is 1. The molecule has 0 spiro atoms. The Morgan fingerprint density at radius 2 is 1.23 bits per heavy atom. The molecule has 5 heteroatoms. The maximum absolute atomic E-state index is 5.33. The Bertz CT molecular complexity index is 519. The van der Waals surface area contributed by atoms with Gasteiger partial charge in [-0.25, -0.2) is 0 Å². The van der Waals surface area contributed by atoms with Gasteiger partial charge in [0.25, 0.3) is 0 Å². The van der Waals surface area contributed by atoms with Gasteiger partial charge in [0.2, 0.25) is 0 Å². The Hall–Kier alpha value is 0.970. The summed E-state index contributed by atoms with van der Waals surface area (Å²) in [6.07, 6.45) is 21.7. The predicted molar refractivity (Wildman–Crippen MR) is 128 cm³/mol. The minimum Gasteiger partial charge on any atom is -0.112 e. The Morgan fingerprint density at radius 3 is 1.81 bits per heavy atom. The van der Waals surface area contributed by atoms with Crippen LogP contribution in [0.2, 0.25) is 0 Å². The van der Waals surface area contributed by atoms with Gasteiger partial charge in [-0.1, -0.05) is 109 Å². The molecule has 2 heterocycles. The van der Waals surface area contributed by atoms with Gasteiger partial charge in [0, 0.05) is 11.0 Å². The predicted octanol–water partition coefficient (Wildman–Crippen LogP) is 9.98. The lowest BCUT2D eigenvalue weighted by Gasteiger charge is -2.20. The molecule has 1 aromatic rings. The molecule has 1 atom stereocenters. The van der Waals surface area contributed by atoms with Crippen molar-refractivity contribution in [2.75, 3.05) is 5.75 Å². The SMILES string of the molecule is CCCCCCCCCCCCCCCCC1CSc2sc(=S)sc2S1. The molecule has 1 aliphatic heterocycles. The van der Waals surface area contributed by atoms with Crippen molar-refractivity contribution in [2.24, 2.45) is 0 Å². The Labute approximate surface area is 183 Å². The molecule has 2 rings (SSSR count). The van der Waals surface area contributed by atoms with Crippen molar-refractivity contribution < 1.29 is 0 Å². The summed E-state index contributed by atoms with van der Waals surface area (Å²) in [6, 6.07) is 0. The molecule has 0 nitrogen and oxygen atoms in total. The third-order valence-electron chi connectivity index (χ3n) is 5.07. The molecule has 0 saturated heterocycles. The van der Waals surface area contributed by atoms with Crippen LogP contribution in [0.1, 0.15) is 103 Å². The first-order valence-electron chi connectivity index (χ1n) is 10.7. The molecule has 1 aromatic heterocycles. The van der Waals surface area contributed by atoms with Crippen LogP contribution in [-0.2, 0) is 0 Å². The van der Waals surface area contributed by atoms with Crippen molar-refractivity contribution in [1.29, 1.82) is 0 Å². The molecule has 150 valence electrons. The standard InChI is InChI=1S/C21H36S5/c1-2-3-4-5-6-7-8-9-10-11-12-13-14-15-16-18-17-23-19-20(24-18)26-21(22)25-19/h18H,2-17H2,1H3. The van der Waals surface area contributed by atoms with E-state index < -0.39 is 0 Å². The first kappa shape index (κ1) is 23.3. The van der Waals surface area contributed by atoms with Crippen molar-refractivity contribution in [1.82, 2.24) is 0 Å². The summed E-state index contributed by atoms with van der Waals surface area (Å²) < 4.78 is 4.10. The summed E-state index contributed by atoms with van der Waals surface area (Å²) >= 11 is 13.1. The van der Waals surface area contributed by atoms with E-state index in [-0.39, 0.29) is 0 Å². The molecule has 0 saturated carbocycles. The third-order valence-corrected chi connectivity index (χ3v) is 11.2. The van der Waals surface area contributed by atoms with Gasteiger partial charge in [0.1, 0.15) is 3.14 Å². The quantitative estimate of drug-likeness (QED) is 0.193.